The van der Waals surface area contributed by atoms with Crippen molar-refractivity contribution in [2.24, 2.45) is 17.8 Å². The van der Waals surface area contributed by atoms with Crippen molar-refractivity contribution < 1.29 is 42.1 Å². The van der Waals surface area contributed by atoms with Crippen LogP contribution in [0, 0.1) is 17.8 Å². The number of unbranched alkanes of at least 4 members (excludes halogenated alkanes) is 2. The first kappa shape index (κ1) is 28.9. The number of rotatable bonds is 15. The molecule has 3 N–H and O–H groups in total. The molecule has 3 atom stereocenters. The first-order chi connectivity index (χ1) is 14.7. The largest absolute Gasteiger partial charge is 0.479 e. The van der Waals surface area contributed by atoms with Crippen LogP contribution in [0.3, 0.4) is 0 Å². The molecule has 0 aliphatic carbocycles. The molecular formula is C19H36N2O9P2. The van der Waals surface area contributed by atoms with Crippen molar-refractivity contribution in [3.63, 3.8) is 0 Å². The van der Waals surface area contributed by atoms with E-state index in [0.29, 0.717) is 25.8 Å². The van der Waals surface area contributed by atoms with Gasteiger partial charge in [-0.3, -0.25) is 28.4 Å². The van der Waals surface area contributed by atoms with Crippen LogP contribution < -0.4 is 5.32 Å². The van der Waals surface area contributed by atoms with E-state index in [9.17, 15) is 33.3 Å². The molecule has 1 fully saturated rings. The van der Waals surface area contributed by atoms with Crippen LogP contribution in [0.1, 0.15) is 59.8 Å². The number of phosphoric ester groups is 1. The number of imide groups is 1. The molecule has 0 aromatic heterocycles. The number of nitrogens with one attached hydrogen (secondary N) is 1. The fourth-order valence-electron chi connectivity index (χ4n) is 3.32. The fourth-order valence-corrected chi connectivity index (χ4v) is 6.31. The van der Waals surface area contributed by atoms with E-state index >= 15 is 0 Å². The number of hydrogen-bond donors (Lipinski definition) is 3. The summed E-state index contributed by atoms with van der Waals surface area (Å²) >= 11 is 0. The summed E-state index contributed by atoms with van der Waals surface area (Å²) in [5.41, 5.74) is 0. The Hall–Kier alpha value is -1.09. The van der Waals surface area contributed by atoms with Crippen LogP contribution in [0.4, 0.5) is 0 Å². The minimum Gasteiger partial charge on any atom is -0.354 e. The second kappa shape index (κ2) is 13.0. The standard InChI is InChI=1S/C19H36N2O9P2/c1-14(2)13-31(25,26)30-32(27,28)29-11-9-20-17(22)8-6-5-7-10-21-18(23)12-16(15(3)4)19(21)24/h14-16H,5-13H2,1-4H3,(H,20,22)(H,25,26)(H,27,28). The lowest BCUT2D eigenvalue weighted by molar-refractivity contribution is -0.139. The van der Waals surface area contributed by atoms with Gasteiger partial charge in [0.05, 0.1) is 12.8 Å². The second-order valence-corrected chi connectivity index (χ2v) is 12.2. The van der Waals surface area contributed by atoms with Gasteiger partial charge in [-0.2, -0.15) is 0 Å². The van der Waals surface area contributed by atoms with E-state index in [1.54, 1.807) is 13.8 Å². The van der Waals surface area contributed by atoms with Crippen LogP contribution in [0.2, 0.25) is 0 Å². The third kappa shape index (κ3) is 10.7. The maximum atomic E-state index is 12.2. The molecule has 13 heteroatoms. The number of nitrogens with zero attached hydrogens (tertiary/aromatic N) is 1. The third-order valence-corrected chi connectivity index (χ3v) is 8.42. The van der Waals surface area contributed by atoms with Gasteiger partial charge in [-0.1, -0.05) is 34.1 Å². The number of amides is 3. The number of carbonyl (C=O) groups excluding carboxylic acids is 3. The van der Waals surface area contributed by atoms with Gasteiger partial charge in [0.25, 0.3) is 0 Å². The van der Waals surface area contributed by atoms with Crippen LogP contribution in [-0.4, -0.2) is 58.3 Å². The highest BCUT2D eigenvalue weighted by atomic mass is 31.3. The zero-order valence-electron chi connectivity index (χ0n) is 19.2. The monoisotopic (exact) mass is 498 g/mol. The van der Waals surface area contributed by atoms with Crippen molar-refractivity contribution in [2.75, 3.05) is 25.9 Å². The number of likely N-dealkylation sites (tertiary alicyclic amines) is 1. The van der Waals surface area contributed by atoms with Gasteiger partial charge in [-0.15, -0.1) is 0 Å². The Morgan fingerprint density at radius 3 is 2.38 bits per heavy atom. The van der Waals surface area contributed by atoms with Crippen molar-refractivity contribution in [3.8, 4) is 0 Å². The summed E-state index contributed by atoms with van der Waals surface area (Å²) in [6.45, 7) is 7.10. The summed E-state index contributed by atoms with van der Waals surface area (Å²) < 4.78 is 32.4. The molecule has 1 aliphatic heterocycles. The van der Waals surface area contributed by atoms with Crippen molar-refractivity contribution in [2.45, 2.75) is 59.8 Å². The maximum absolute atomic E-state index is 12.2. The van der Waals surface area contributed by atoms with E-state index in [0.717, 1.165) is 0 Å². The molecule has 3 unspecified atom stereocenters. The van der Waals surface area contributed by atoms with E-state index in [1.807, 2.05) is 13.8 Å². The lowest BCUT2D eigenvalue weighted by Crippen LogP contribution is -2.32. The predicted molar refractivity (Wildman–Crippen MR) is 118 cm³/mol. The number of carbonyl (C=O) groups is 3. The summed E-state index contributed by atoms with van der Waals surface area (Å²) in [5.74, 6) is -0.868. The molecule has 11 nitrogen and oxygen atoms in total. The predicted octanol–water partition coefficient (Wildman–Crippen LogP) is 2.67. The maximum Gasteiger partial charge on any atom is 0.479 e. The first-order valence-electron chi connectivity index (χ1n) is 10.9. The number of phosphoric acid groups is 1. The van der Waals surface area contributed by atoms with Gasteiger partial charge in [0, 0.05) is 31.8 Å². The summed E-state index contributed by atoms with van der Waals surface area (Å²) in [6.07, 6.45) is 2.03. The summed E-state index contributed by atoms with van der Waals surface area (Å²) in [7, 11) is -8.97. The molecule has 1 heterocycles. The topological polar surface area (TPSA) is 160 Å². The summed E-state index contributed by atoms with van der Waals surface area (Å²) in [6, 6.07) is 0. The zero-order valence-corrected chi connectivity index (χ0v) is 21.0. The molecule has 32 heavy (non-hydrogen) atoms. The molecule has 0 bridgehead atoms. The van der Waals surface area contributed by atoms with E-state index < -0.39 is 15.4 Å². The van der Waals surface area contributed by atoms with Crippen LogP contribution >= 0.6 is 15.4 Å². The minimum absolute atomic E-state index is 0.0694. The van der Waals surface area contributed by atoms with E-state index in [2.05, 4.69) is 14.2 Å². The lowest BCUT2D eigenvalue weighted by Gasteiger charge is -2.17. The summed E-state index contributed by atoms with van der Waals surface area (Å²) in [4.78, 5) is 56.4. The molecule has 0 aromatic carbocycles. The third-order valence-electron chi connectivity index (χ3n) is 4.87. The zero-order chi connectivity index (χ0) is 24.5. The molecule has 0 aromatic rings. The van der Waals surface area contributed by atoms with Crippen LogP contribution in [0.5, 0.6) is 0 Å². The Labute approximate surface area is 189 Å². The van der Waals surface area contributed by atoms with Crippen molar-refractivity contribution in [1.29, 1.82) is 0 Å². The molecule has 1 saturated heterocycles. The van der Waals surface area contributed by atoms with E-state index in [1.165, 1.54) is 4.90 Å². The van der Waals surface area contributed by atoms with Crippen molar-refractivity contribution in [3.05, 3.63) is 0 Å². The molecule has 0 radical (unpaired) electrons. The highest BCUT2D eigenvalue weighted by Gasteiger charge is 2.39. The Kier molecular flexibility index (Phi) is 11.7. The molecular weight excluding hydrogens is 462 g/mol. The number of hydrogen-bond acceptors (Lipinski definition) is 7. The summed E-state index contributed by atoms with van der Waals surface area (Å²) in [5, 5.41) is 2.51. The lowest BCUT2D eigenvalue weighted by atomic mass is 9.94. The van der Waals surface area contributed by atoms with Gasteiger partial charge in [0.1, 0.15) is 0 Å². The van der Waals surface area contributed by atoms with Crippen molar-refractivity contribution >= 4 is 33.1 Å². The second-order valence-electron chi connectivity index (χ2n) is 8.70. The first-order valence-corrected chi connectivity index (χ1v) is 14.1. The van der Waals surface area contributed by atoms with Gasteiger partial charge in [-0.25, -0.2) is 8.88 Å². The Morgan fingerprint density at radius 2 is 1.81 bits per heavy atom. The Morgan fingerprint density at radius 1 is 1.16 bits per heavy atom. The average Bonchev–Trinajstić information content (AvgIpc) is 2.91. The normalized spacial score (nSPS) is 20.6. The quantitative estimate of drug-likeness (QED) is 0.175. The van der Waals surface area contributed by atoms with Gasteiger partial charge in [-0.05, 0) is 24.7 Å². The Balaban J connectivity index is 2.18. The molecule has 1 rings (SSSR count). The van der Waals surface area contributed by atoms with Crippen LogP contribution in [-0.2, 0) is 32.3 Å². The molecule has 0 spiro atoms. The fraction of sp³-hybridized carbons (Fsp3) is 0.842. The van der Waals surface area contributed by atoms with Gasteiger partial charge in [0.15, 0.2) is 0 Å². The van der Waals surface area contributed by atoms with Gasteiger partial charge < -0.3 is 15.1 Å². The SMILES string of the molecule is CC(C)CP(=O)(O)OP(=O)(O)OCCNC(=O)CCCCCN1C(=O)CC(C(C)C)C1=O. The molecule has 186 valence electrons. The van der Waals surface area contributed by atoms with Crippen LogP contribution in [0.25, 0.3) is 0 Å². The minimum atomic E-state index is -4.72. The highest BCUT2D eigenvalue weighted by molar-refractivity contribution is 7.64. The Bertz CT molecular complexity index is 757. The highest BCUT2D eigenvalue weighted by Crippen LogP contribution is 2.60. The molecule has 0 saturated carbocycles. The molecule has 1 aliphatic rings. The van der Waals surface area contributed by atoms with Crippen LogP contribution in [0.15, 0.2) is 0 Å². The smallest absolute Gasteiger partial charge is 0.354 e. The van der Waals surface area contributed by atoms with E-state index in [4.69, 9.17) is 0 Å². The molecule has 3 amide bonds. The van der Waals surface area contributed by atoms with Gasteiger partial charge in [0.2, 0.25) is 17.7 Å². The average molecular weight is 498 g/mol. The van der Waals surface area contributed by atoms with E-state index in [-0.39, 0.29) is 67.6 Å². The van der Waals surface area contributed by atoms with Crippen molar-refractivity contribution in [1.82, 2.24) is 10.2 Å². The van der Waals surface area contributed by atoms with Gasteiger partial charge >= 0.3 is 15.4 Å².